The highest BCUT2D eigenvalue weighted by atomic mass is 35.5. The average molecular weight is 469 g/mol. The third-order valence-corrected chi connectivity index (χ3v) is 4.67. The van der Waals surface area contributed by atoms with Crippen molar-refractivity contribution in [2.24, 2.45) is 0 Å². The quantitative estimate of drug-likeness (QED) is 0.456. The highest BCUT2D eigenvalue weighted by molar-refractivity contribution is 6.53. The van der Waals surface area contributed by atoms with Crippen LogP contribution in [0.4, 0.5) is 37.7 Å². The van der Waals surface area contributed by atoms with E-state index in [1.165, 1.54) is 6.07 Å². The Morgan fingerprint density at radius 2 is 1.40 bits per heavy atom. The molecule has 0 radical (unpaired) electrons. The first-order valence-corrected chi connectivity index (χ1v) is 8.66. The van der Waals surface area contributed by atoms with Gasteiger partial charge in [-0.1, -0.05) is 29.3 Å². The van der Waals surface area contributed by atoms with Crippen molar-refractivity contribution in [1.29, 1.82) is 0 Å². The monoisotopic (exact) mass is 468 g/mol. The van der Waals surface area contributed by atoms with Gasteiger partial charge in [0.05, 0.1) is 21.8 Å². The van der Waals surface area contributed by atoms with Crippen LogP contribution in [0.3, 0.4) is 0 Å². The summed E-state index contributed by atoms with van der Waals surface area (Å²) in [7, 11) is 0. The van der Waals surface area contributed by atoms with Crippen LogP contribution in [0.15, 0.2) is 53.2 Å². The molecule has 2 aromatic rings. The van der Waals surface area contributed by atoms with Gasteiger partial charge < -0.3 is 5.32 Å². The zero-order valence-corrected chi connectivity index (χ0v) is 15.8. The maximum absolute atomic E-state index is 13.0. The number of rotatable bonds is 3. The predicted molar refractivity (Wildman–Crippen MR) is 96.9 cm³/mol. The van der Waals surface area contributed by atoms with Gasteiger partial charge in [0, 0.05) is 5.69 Å². The molecule has 0 aliphatic carbocycles. The highest BCUT2D eigenvalue weighted by Gasteiger charge is 2.41. The third kappa shape index (κ3) is 4.10. The van der Waals surface area contributed by atoms with Crippen LogP contribution >= 0.6 is 23.2 Å². The summed E-state index contributed by atoms with van der Waals surface area (Å²) in [6.45, 7) is 0. The molecule has 0 spiro atoms. The van der Waals surface area contributed by atoms with Crippen molar-refractivity contribution in [2.75, 3.05) is 10.2 Å². The summed E-state index contributed by atoms with van der Waals surface area (Å²) >= 11 is 11.7. The van der Waals surface area contributed by atoms with Crippen LogP contribution in [-0.4, -0.2) is 11.8 Å². The second-order valence-corrected chi connectivity index (χ2v) is 6.79. The number of carbonyl (C=O) groups is 2. The smallest absolute Gasteiger partial charge is 0.350 e. The number of alkyl halides is 6. The first-order chi connectivity index (χ1) is 13.8. The molecular weight excluding hydrogens is 461 g/mol. The first-order valence-electron chi connectivity index (χ1n) is 7.90. The van der Waals surface area contributed by atoms with Gasteiger partial charge in [0.1, 0.15) is 10.7 Å². The number of nitrogens with one attached hydrogen (secondary N) is 1. The molecule has 0 bridgehead atoms. The number of halogens is 8. The summed E-state index contributed by atoms with van der Waals surface area (Å²) in [5.74, 6) is -2.36. The lowest BCUT2D eigenvalue weighted by Gasteiger charge is -2.18. The van der Waals surface area contributed by atoms with Crippen molar-refractivity contribution in [3.05, 3.63) is 69.3 Å². The molecule has 4 nitrogen and oxygen atoms in total. The van der Waals surface area contributed by atoms with Crippen molar-refractivity contribution in [1.82, 2.24) is 0 Å². The lowest BCUT2D eigenvalue weighted by molar-refractivity contribution is -0.138. The number of imide groups is 1. The zero-order chi connectivity index (χ0) is 22.4. The Labute approximate surface area is 174 Å². The summed E-state index contributed by atoms with van der Waals surface area (Å²) in [5, 5.41) is 1.26. The standard InChI is InChI=1S/C18H8Cl2F6N2O2/c19-11-5-4-9(18(24,25)26)7-12(11)28-15(29)13(20)14(16(28)30)27-10-3-1-2-8(6-10)17(21,22)23/h1-7,27H. The SMILES string of the molecule is O=C1C(Cl)=C(Nc2cccc(C(F)(F)F)c2)C(=O)N1c1cc(C(F)(F)F)ccc1Cl. The van der Waals surface area contributed by atoms with Crippen LogP contribution in [0.5, 0.6) is 0 Å². The van der Waals surface area contributed by atoms with Gasteiger partial charge in [0.15, 0.2) is 0 Å². The van der Waals surface area contributed by atoms with Crippen LogP contribution < -0.4 is 10.2 Å². The molecule has 3 rings (SSSR count). The van der Waals surface area contributed by atoms with E-state index < -0.39 is 51.7 Å². The maximum atomic E-state index is 13.0. The summed E-state index contributed by atoms with van der Waals surface area (Å²) in [4.78, 5) is 25.4. The fraction of sp³-hybridized carbons (Fsp3) is 0.111. The molecule has 2 aromatic carbocycles. The molecular formula is C18H8Cl2F6N2O2. The molecule has 1 heterocycles. The van der Waals surface area contributed by atoms with Crippen molar-refractivity contribution in [2.45, 2.75) is 12.4 Å². The number of hydrogen-bond donors (Lipinski definition) is 1. The lowest BCUT2D eigenvalue weighted by Crippen LogP contribution is -2.32. The Morgan fingerprint density at radius 1 is 0.800 bits per heavy atom. The Morgan fingerprint density at radius 3 is 2.00 bits per heavy atom. The number of benzene rings is 2. The van der Waals surface area contributed by atoms with E-state index >= 15 is 0 Å². The Bertz CT molecular complexity index is 1080. The van der Waals surface area contributed by atoms with Crippen molar-refractivity contribution < 1.29 is 35.9 Å². The molecule has 1 N–H and O–H groups in total. The Balaban J connectivity index is 1.97. The number of nitrogens with zero attached hydrogens (tertiary/aromatic N) is 1. The van der Waals surface area contributed by atoms with E-state index in [9.17, 15) is 35.9 Å². The van der Waals surface area contributed by atoms with E-state index in [0.717, 1.165) is 18.2 Å². The fourth-order valence-corrected chi connectivity index (χ4v) is 3.02. The second kappa shape index (κ2) is 7.51. The molecule has 158 valence electrons. The minimum absolute atomic E-state index is 0.212. The van der Waals surface area contributed by atoms with Gasteiger partial charge in [-0.2, -0.15) is 26.3 Å². The number of anilines is 2. The molecule has 0 saturated heterocycles. The fourth-order valence-electron chi connectivity index (χ4n) is 2.61. The predicted octanol–water partition coefficient (Wildman–Crippen LogP) is 5.81. The van der Waals surface area contributed by atoms with Crippen molar-refractivity contribution >= 4 is 46.4 Å². The molecule has 0 unspecified atom stereocenters. The van der Waals surface area contributed by atoms with Gasteiger partial charge in [0.25, 0.3) is 11.8 Å². The van der Waals surface area contributed by atoms with Gasteiger partial charge in [-0.05, 0) is 36.4 Å². The molecule has 12 heteroatoms. The average Bonchev–Trinajstić information content (AvgIpc) is 2.84. The molecule has 1 aliphatic rings. The van der Waals surface area contributed by atoms with E-state index in [4.69, 9.17) is 23.2 Å². The van der Waals surface area contributed by atoms with Crippen LogP contribution in [0, 0.1) is 0 Å². The molecule has 2 amide bonds. The molecule has 1 aliphatic heterocycles. The van der Waals surface area contributed by atoms with Gasteiger partial charge in [-0.3, -0.25) is 9.59 Å². The molecule has 30 heavy (non-hydrogen) atoms. The number of carbonyl (C=O) groups excluding carboxylic acids is 2. The first kappa shape index (κ1) is 22.0. The summed E-state index contributed by atoms with van der Waals surface area (Å²) in [6, 6.07) is 5.72. The van der Waals surface area contributed by atoms with Crippen molar-refractivity contribution in [3.63, 3.8) is 0 Å². The van der Waals surface area contributed by atoms with Crippen LogP contribution in [0.2, 0.25) is 5.02 Å². The molecule has 0 aromatic heterocycles. The summed E-state index contributed by atoms with van der Waals surface area (Å²) in [6.07, 6.45) is -9.44. The molecule has 0 atom stereocenters. The minimum atomic E-state index is -4.78. The summed E-state index contributed by atoms with van der Waals surface area (Å²) in [5.41, 5.74) is -3.58. The van der Waals surface area contributed by atoms with Gasteiger partial charge in [-0.15, -0.1) is 0 Å². The van der Waals surface area contributed by atoms with E-state index in [1.54, 1.807) is 0 Å². The number of hydrogen-bond acceptors (Lipinski definition) is 3. The minimum Gasteiger partial charge on any atom is -0.350 e. The number of amides is 2. The third-order valence-electron chi connectivity index (χ3n) is 4.00. The largest absolute Gasteiger partial charge is 0.416 e. The van der Waals surface area contributed by atoms with E-state index in [0.29, 0.717) is 23.1 Å². The maximum Gasteiger partial charge on any atom is 0.416 e. The lowest BCUT2D eigenvalue weighted by atomic mass is 10.1. The Hall–Kier alpha value is -2.72. The Kier molecular flexibility index (Phi) is 5.50. The topological polar surface area (TPSA) is 49.4 Å². The van der Waals surface area contributed by atoms with Crippen LogP contribution in [0.1, 0.15) is 11.1 Å². The summed E-state index contributed by atoms with van der Waals surface area (Å²) < 4.78 is 77.5. The highest BCUT2D eigenvalue weighted by Crippen LogP contribution is 2.39. The van der Waals surface area contributed by atoms with E-state index in [-0.39, 0.29) is 10.7 Å². The van der Waals surface area contributed by atoms with E-state index in [1.807, 2.05) is 0 Å². The van der Waals surface area contributed by atoms with Gasteiger partial charge >= 0.3 is 12.4 Å². The second-order valence-electron chi connectivity index (χ2n) is 6.00. The van der Waals surface area contributed by atoms with Crippen LogP contribution in [-0.2, 0) is 21.9 Å². The van der Waals surface area contributed by atoms with Gasteiger partial charge in [0.2, 0.25) is 0 Å². The van der Waals surface area contributed by atoms with Crippen LogP contribution in [0.25, 0.3) is 0 Å². The molecule has 0 fully saturated rings. The zero-order valence-electron chi connectivity index (χ0n) is 14.3. The van der Waals surface area contributed by atoms with Crippen molar-refractivity contribution in [3.8, 4) is 0 Å². The molecule has 0 saturated carbocycles. The van der Waals surface area contributed by atoms with E-state index in [2.05, 4.69) is 5.32 Å². The normalized spacial score (nSPS) is 15.3. The van der Waals surface area contributed by atoms with Gasteiger partial charge in [-0.25, -0.2) is 4.90 Å².